The molecule has 2 atom stereocenters. The Morgan fingerprint density at radius 2 is 2.00 bits per heavy atom. The summed E-state index contributed by atoms with van der Waals surface area (Å²) < 4.78 is 0. The molecule has 0 spiro atoms. The molecule has 0 saturated heterocycles. The molecular weight excluding hydrogens is 254 g/mol. The second-order valence-electron chi connectivity index (χ2n) is 6.62. The maximum atomic E-state index is 4.89. The number of nitrogens with one attached hydrogen (secondary N) is 1. The van der Waals surface area contributed by atoms with Crippen LogP contribution in [0.4, 0.5) is 0 Å². The van der Waals surface area contributed by atoms with E-state index in [4.69, 9.17) is 4.99 Å². The third-order valence-electron chi connectivity index (χ3n) is 3.37. The van der Waals surface area contributed by atoms with Gasteiger partial charge in [-0.05, 0) is 38.8 Å². The van der Waals surface area contributed by atoms with Gasteiger partial charge in [-0.2, -0.15) is 0 Å². The average Bonchev–Trinajstić information content (AvgIpc) is 2.27. The van der Waals surface area contributed by atoms with Crippen LogP contribution in [-0.4, -0.2) is 48.5 Å². The Bertz CT molecular complexity index is 277. The van der Waals surface area contributed by atoms with Crippen LogP contribution in [0.1, 0.15) is 40.5 Å². The lowest BCUT2D eigenvalue weighted by Crippen LogP contribution is -2.43. The third kappa shape index (κ3) is 6.66. The monoisotopic (exact) mass is 285 g/mol. The zero-order valence-electron chi connectivity index (χ0n) is 13.4. The van der Waals surface area contributed by atoms with Crippen molar-refractivity contribution in [1.29, 1.82) is 0 Å². The van der Waals surface area contributed by atoms with E-state index < -0.39 is 0 Å². The topological polar surface area (TPSA) is 27.6 Å². The predicted molar refractivity (Wildman–Crippen MR) is 88.1 cm³/mol. The first kappa shape index (κ1) is 16.8. The van der Waals surface area contributed by atoms with E-state index in [9.17, 15) is 0 Å². The lowest BCUT2D eigenvalue weighted by Gasteiger charge is -2.29. The van der Waals surface area contributed by atoms with Crippen LogP contribution >= 0.6 is 11.8 Å². The number of likely N-dealkylation sites (N-methyl/N-ethyl adjacent to an activating group) is 1. The quantitative estimate of drug-likeness (QED) is 0.813. The molecule has 112 valence electrons. The van der Waals surface area contributed by atoms with Gasteiger partial charge < -0.3 is 10.2 Å². The van der Waals surface area contributed by atoms with Gasteiger partial charge in [0.15, 0.2) is 5.17 Å². The minimum Gasteiger partial charge on any atom is -0.361 e. The number of hydrogen-bond acceptors (Lipinski definition) is 4. The van der Waals surface area contributed by atoms with Gasteiger partial charge in [-0.15, -0.1) is 0 Å². The summed E-state index contributed by atoms with van der Waals surface area (Å²) in [6, 6.07) is 1.01. The molecule has 0 saturated carbocycles. The second kappa shape index (κ2) is 8.15. The van der Waals surface area contributed by atoms with Crippen molar-refractivity contribution >= 4 is 16.9 Å². The van der Waals surface area contributed by atoms with Crippen LogP contribution in [-0.2, 0) is 0 Å². The van der Waals surface area contributed by atoms with Crippen molar-refractivity contribution in [2.24, 2.45) is 16.8 Å². The van der Waals surface area contributed by atoms with Gasteiger partial charge in [-0.1, -0.05) is 39.5 Å². The van der Waals surface area contributed by atoms with Crippen molar-refractivity contribution < 1.29 is 0 Å². The summed E-state index contributed by atoms with van der Waals surface area (Å²) in [6.45, 7) is 10.2. The summed E-state index contributed by atoms with van der Waals surface area (Å²) in [5.41, 5.74) is 0. The fraction of sp³-hybridized carbons (Fsp3) is 0.933. The lowest BCUT2D eigenvalue weighted by atomic mass is 10.0. The van der Waals surface area contributed by atoms with E-state index in [-0.39, 0.29) is 0 Å². The van der Waals surface area contributed by atoms with Gasteiger partial charge in [0.1, 0.15) is 0 Å². The summed E-state index contributed by atoms with van der Waals surface area (Å²) >= 11 is 1.89. The molecule has 0 aromatic rings. The summed E-state index contributed by atoms with van der Waals surface area (Å²) in [5, 5.41) is 4.84. The molecule has 0 amide bonds. The molecule has 19 heavy (non-hydrogen) atoms. The number of hydrogen-bond donors (Lipinski definition) is 1. The number of aliphatic imine (C=N–C) groups is 1. The molecule has 4 heteroatoms. The van der Waals surface area contributed by atoms with Crippen molar-refractivity contribution in [1.82, 2.24) is 10.2 Å². The van der Waals surface area contributed by atoms with Gasteiger partial charge >= 0.3 is 0 Å². The highest BCUT2D eigenvalue weighted by atomic mass is 32.2. The van der Waals surface area contributed by atoms with E-state index in [2.05, 4.69) is 52.0 Å². The van der Waals surface area contributed by atoms with Crippen LogP contribution in [0, 0.1) is 11.8 Å². The highest BCUT2D eigenvalue weighted by Gasteiger charge is 2.21. The molecule has 0 radical (unpaired) electrons. The molecule has 0 fully saturated rings. The summed E-state index contributed by atoms with van der Waals surface area (Å²) in [4.78, 5) is 7.14. The normalized spacial score (nSPS) is 21.9. The number of thioether (sulfide) groups is 1. The molecule has 0 aromatic carbocycles. The maximum Gasteiger partial charge on any atom is 0.157 e. The minimum atomic E-state index is 0.503. The molecule has 2 unspecified atom stereocenters. The second-order valence-corrected chi connectivity index (χ2v) is 7.70. The van der Waals surface area contributed by atoms with Crippen molar-refractivity contribution in [3.05, 3.63) is 0 Å². The molecule has 1 aliphatic rings. The lowest BCUT2D eigenvalue weighted by molar-refractivity contribution is 0.328. The zero-order chi connectivity index (χ0) is 14.4. The largest absolute Gasteiger partial charge is 0.361 e. The third-order valence-corrected chi connectivity index (χ3v) is 4.31. The van der Waals surface area contributed by atoms with Crippen LogP contribution in [0.5, 0.6) is 0 Å². The van der Waals surface area contributed by atoms with E-state index in [0.29, 0.717) is 23.9 Å². The highest BCUT2D eigenvalue weighted by molar-refractivity contribution is 8.13. The average molecular weight is 286 g/mol. The van der Waals surface area contributed by atoms with Crippen molar-refractivity contribution in [3.8, 4) is 0 Å². The Morgan fingerprint density at radius 1 is 1.32 bits per heavy atom. The Balaban J connectivity index is 2.61. The smallest absolute Gasteiger partial charge is 0.157 e. The van der Waals surface area contributed by atoms with Crippen molar-refractivity contribution in [2.75, 3.05) is 26.4 Å². The van der Waals surface area contributed by atoms with Crippen LogP contribution in [0.2, 0.25) is 0 Å². The number of rotatable bonds is 6. The van der Waals surface area contributed by atoms with Crippen molar-refractivity contribution in [2.45, 2.75) is 52.6 Å². The molecule has 1 rings (SSSR count). The molecule has 1 N–H and O–H groups in total. The Kier molecular flexibility index (Phi) is 7.22. The van der Waals surface area contributed by atoms with Gasteiger partial charge in [-0.25, -0.2) is 0 Å². The molecule has 1 aliphatic heterocycles. The number of amidine groups is 1. The van der Waals surface area contributed by atoms with E-state index in [1.54, 1.807) is 0 Å². The van der Waals surface area contributed by atoms with Gasteiger partial charge in [0.25, 0.3) is 0 Å². The Labute approximate surface area is 123 Å². The van der Waals surface area contributed by atoms with Crippen LogP contribution in [0.3, 0.4) is 0 Å². The van der Waals surface area contributed by atoms with Gasteiger partial charge in [0.2, 0.25) is 0 Å². The molecular formula is C15H31N3S. The molecule has 0 aliphatic carbocycles. The van der Waals surface area contributed by atoms with Crippen LogP contribution < -0.4 is 5.32 Å². The predicted octanol–water partition coefficient (Wildman–Crippen LogP) is 3.07. The van der Waals surface area contributed by atoms with Gasteiger partial charge in [0, 0.05) is 18.3 Å². The fourth-order valence-electron chi connectivity index (χ4n) is 2.45. The Hall–Kier alpha value is -0.220. The zero-order valence-corrected chi connectivity index (χ0v) is 14.3. The molecule has 3 nitrogen and oxygen atoms in total. The SMILES string of the molecule is CC(C)CC(CN(C)C)NC1=NC(C(C)C)CCS1. The van der Waals surface area contributed by atoms with Gasteiger partial charge in [0.05, 0.1) is 6.04 Å². The minimum absolute atomic E-state index is 0.503. The fourth-order valence-corrected chi connectivity index (χ4v) is 3.47. The van der Waals surface area contributed by atoms with E-state index in [1.165, 1.54) is 18.6 Å². The molecule has 1 heterocycles. The summed E-state index contributed by atoms with van der Waals surface area (Å²) in [5.74, 6) is 2.56. The maximum absolute atomic E-state index is 4.89. The summed E-state index contributed by atoms with van der Waals surface area (Å²) in [7, 11) is 4.28. The van der Waals surface area contributed by atoms with Crippen LogP contribution in [0.25, 0.3) is 0 Å². The van der Waals surface area contributed by atoms with E-state index in [0.717, 1.165) is 11.7 Å². The molecule has 0 aromatic heterocycles. The highest BCUT2D eigenvalue weighted by Crippen LogP contribution is 2.22. The first-order valence-corrected chi connectivity index (χ1v) is 8.49. The van der Waals surface area contributed by atoms with Gasteiger partial charge in [-0.3, -0.25) is 4.99 Å². The van der Waals surface area contributed by atoms with E-state index >= 15 is 0 Å². The summed E-state index contributed by atoms with van der Waals surface area (Å²) in [6.07, 6.45) is 2.42. The first-order valence-electron chi connectivity index (χ1n) is 7.50. The standard InChI is InChI=1S/C15H31N3S/c1-11(2)9-13(10-18(5)6)16-15-17-14(12(3)4)7-8-19-15/h11-14H,7-10H2,1-6H3,(H,16,17). The van der Waals surface area contributed by atoms with Crippen LogP contribution in [0.15, 0.2) is 4.99 Å². The number of nitrogens with zero attached hydrogens (tertiary/aromatic N) is 2. The Morgan fingerprint density at radius 3 is 2.53 bits per heavy atom. The molecule has 0 bridgehead atoms. The van der Waals surface area contributed by atoms with Crippen molar-refractivity contribution in [3.63, 3.8) is 0 Å². The van der Waals surface area contributed by atoms with E-state index in [1.807, 2.05) is 11.8 Å². The first-order chi connectivity index (χ1) is 8.88.